The fourth-order valence-electron chi connectivity index (χ4n) is 2.60. The Kier molecular flexibility index (Phi) is 3.95. The summed E-state index contributed by atoms with van der Waals surface area (Å²) in [6, 6.07) is 15.9. The molecule has 2 aromatic rings. The SMILES string of the molecule is OCC(Nc1cccc(Cl)c1)c1ccccc1C1CC1. The lowest BCUT2D eigenvalue weighted by molar-refractivity contribution is 0.276. The third-order valence-electron chi connectivity index (χ3n) is 3.74. The molecule has 104 valence electrons. The molecule has 1 aliphatic carbocycles. The monoisotopic (exact) mass is 287 g/mol. The Hall–Kier alpha value is -1.51. The summed E-state index contributed by atoms with van der Waals surface area (Å²) in [5.41, 5.74) is 3.49. The first kappa shape index (κ1) is 13.5. The van der Waals surface area contributed by atoms with Crippen LogP contribution < -0.4 is 5.32 Å². The molecule has 2 aromatic carbocycles. The van der Waals surface area contributed by atoms with Crippen molar-refractivity contribution < 1.29 is 5.11 Å². The van der Waals surface area contributed by atoms with Crippen LogP contribution in [0.1, 0.15) is 35.9 Å². The van der Waals surface area contributed by atoms with Crippen LogP contribution in [0.4, 0.5) is 5.69 Å². The van der Waals surface area contributed by atoms with Crippen LogP contribution in [0.15, 0.2) is 48.5 Å². The minimum Gasteiger partial charge on any atom is -0.394 e. The molecule has 20 heavy (non-hydrogen) atoms. The maximum Gasteiger partial charge on any atom is 0.0747 e. The molecule has 1 atom stereocenters. The molecule has 0 spiro atoms. The highest BCUT2D eigenvalue weighted by atomic mass is 35.5. The summed E-state index contributed by atoms with van der Waals surface area (Å²) in [5, 5.41) is 13.8. The third kappa shape index (κ3) is 2.97. The van der Waals surface area contributed by atoms with E-state index in [1.807, 2.05) is 30.3 Å². The Morgan fingerprint density at radius 3 is 2.65 bits per heavy atom. The molecule has 0 aliphatic heterocycles. The number of nitrogens with one attached hydrogen (secondary N) is 1. The van der Waals surface area contributed by atoms with E-state index in [0.717, 1.165) is 5.69 Å². The van der Waals surface area contributed by atoms with Crippen molar-refractivity contribution in [3.63, 3.8) is 0 Å². The molecule has 0 amide bonds. The fourth-order valence-corrected chi connectivity index (χ4v) is 2.79. The van der Waals surface area contributed by atoms with E-state index in [1.54, 1.807) is 0 Å². The zero-order valence-corrected chi connectivity index (χ0v) is 12.0. The van der Waals surface area contributed by atoms with Gasteiger partial charge in [-0.2, -0.15) is 0 Å². The molecule has 2 N–H and O–H groups in total. The summed E-state index contributed by atoms with van der Waals surface area (Å²) < 4.78 is 0. The number of benzene rings is 2. The van der Waals surface area contributed by atoms with Crippen molar-refractivity contribution in [2.75, 3.05) is 11.9 Å². The van der Waals surface area contributed by atoms with Crippen molar-refractivity contribution in [1.29, 1.82) is 0 Å². The Balaban J connectivity index is 1.86. The van der Waals surface area contributed by atoms with Crippen LogP contribution in [0.25, 0.3) is 0 Å². The molecule has 3 rings (SSSR count). The average Bonchev–Trinajstić information content (AvgIpc) is 3.29. The number of rotatable bonds is 5. The smallest absolute Gasteiger partial charge is 0.0747 e. The van der Waals surface area contributed by atoms with Gasteiger partial charge in [-0.25, -0.2) is 0 Å². The number of halogens is 1. The molecular weight excluding hydrogens is 270 g/mol. The van der Waals surface area contributed by atoms with Crippen LogP contribution in [0.2, 0.25) is 5.02 Å². The van der Waals surface area contributed by atoms with Gasteiger partial charge in [0.05, 0.1) is 12.6 Å². The topological polar surface area (TPSA) is 32.3 Å². The standard InChI is InChI=1S/C17H18ClNO/c18-13-4-3-5-14(10-13)19-17(11-20)16-7-2-1-6-15(16)12-8-9-12/h1-7,10,12,17,19-20H,8-9,11H2. The Morgan fingerprint density at radius 1 is 1.15 bits per heavy atom. The molecule has 1 unspecified atom stereocenters. The van der Waals surface area contributed by atoms with Gasteiger partial charge in [-0.05, 0) is 48.1 Å². The molecule has 0 saturated heterocycles. The van der Waals surface area contributed by atoms with Crippen molar-refractivity contribution in [2.24, 2.45) is 0 Å². The molecular formula is C17H18ClNO. The minimum atomic E-state index is -0.0923. The van der Waals surface area contributed by atoms with Crippen molar-refractivity contribution in [3.05, 3.63) is 64.7 Å². The Bertz CT molecular complexity index is 595. The summed E-state index contributed by atoms with van der Waals surface area (Å²) >= 11 is 6.01. The summed E-state index contributed by atoms with van der Waals surface area (Å²) in [6.07, 6.45) is 2.51. The van der Waals surface area contributed by atoms with E-state index in [-0.39, 0.29) is 12.6 Å². The van der Waals surface area contributed by atoms with Gasteiger partial charge in [0.1, 0.15) is 0 Å². The highest BCUT2D eigenvalue weighted by molar-refractivity contribution is 6.30. The number of aliphatic hydroxyl groups is 1. The van der Waals surface area contributed by atoms with Crippen LogP contribution in [-0.2, 0) is 0 Å². The molecule has 0 bridgehead atoms. The molecule has 1 saturated carbocycles. The van der Waals surface area contributed by atoms with Gasteiger partial charge in [-0.3, -0.25) is 0 Å². The Labute approximate surface area is 124 Å². The molecule has 0 heterocycles. The average molecular weight is 288 g/mol. The predicted molar refractivity (Wildman–Crippen MR) is 83.3 cm³/mol. The van der Waals surface area contributed by atoms with E-state index in [4.69, 9.17) is 11.6 Å². The maximum absolute atomic E-state index is 9.74. The zero-order chi connectivity index (χ0) is 13.9. The van der Waals surface area contributed by atoms with Crippen LogP contribution in [-0.4, -0.2) is 11.7 Å². The van der Waals surface area contributed by atoms with E-state index >= 15 is 0 Å². The van der Waals surface area contributed by atoms with Gasteiger partial charge in [-0.15, -0.1) is 0 Å². The number of anilines is 1. The predicted octanol–water partition coefficient (Wildman–Crippen LogP) is 4.36. The van der Waals surface area contributed by atoms with Crippen molar-refractivity contribution in [1.82, 2.24) is 0 Å². The first-order chi connectivity index (χ1) is 9.78. The van der Waals surface area contributed by atoms with E-state index < -0.39 is 0 Å². The highest BCUT2D eigenvalue weighted by Crippen LogP contribution is 2.43. The zero-order valence-electron chi connectivity index (χ0n) is 11.2. The minimum absolute atomic E-state index is 0.0657. The van der Waals surface area contributed by atoms with Gasteiger partial charge in [0.2, 0.25) is 0 Å². The van der Waals surface area contributed by atoms with E-state index in [1.165, 1.54) is 24.0 Å². The number of aliphatic hydroxyl groups excluding tert-OH is 1. The quantitative estimate of drug-likeness (QED) is 0.856. The van der Waals surface area contributed by atoms with Crippen LogP contribution in [0.3, 0.4) is 0 Å². The maximum atomic E-state index is 9.74. The van der Waals surface area contributed by atoms with Gasteiger partial charge < -0.3 is 10.4 Å². The first-order valence-corrected chi connectivity index (χ1v) is 7.37. The molecule has 1 aliphatic rings. The fraction of sp³-hybridized carbons (Fsp3) is 0.294. The summed E-state index contributed by atoms with van der Waals surface area (Å²) in [5.74, 6) is 0.668. The number of hydrogen-bond acceptors (Lipinski definition) is 2. The lowest BCUT2D eigenvalue weighted by atomic mass is 9.97. The van der Waals surface area contributed by atoms with Gasteiger partial charge in [-0.1, -0.05) is 41.9 Å². The molecule has 3 heteroatoms. The summed E-state index contributed by atoms with van der Waals surface area (Å²) in [7, 11) is 0. The second-order valence-electron chi connectivity index (χ2n) is 5.29. The van der Waals surface area contributed by atoms with Crippen molar-refractivity contribution in [2.45, 2.75) is 24.8 Å². The van der Waals surface area contributed by atoms with Crippen LogP contribution >= 0.6 is 11.6 Å². The molecule has 1 fully saturated rings. The van der Waals surface area contributed by atoms with Crippen molar-refractivity contribution >= 4 is 17.3 Å². The molecule has 2 nitrogen and oxygen atoms in total. The van der Waals surface area contributed by atoms with E-state index in [9.17, 15) is 5.11 Å². The second kappa shape index (κ2) is 5.86. The van der Waals surface area contributed by atoms with E-state index in [2.05, 4.69) is 23.5 Å². The van der Waals surface area contributed by atoms with Gasteiger partial charge in [0.15, 0.2) is 0 Å². The summed E-state index contributed by atoms with van der Waals surface area (Å²) in [4.78, 5) is 0. The summed E-state index contributed by atoms with van der Waals surface area (Å²) in [6.45, 7) is 0.0657. The van der Waals surface area contributed by atoms with Crippen LogP contribution in [0.5, 0.6) is 0 Å². The molecule has 0 radical (unpaired) electrons. The molecule has 0 aromatic heterocycles. The highest BCUT2D eigenvalue weighted by Gasteiger charge is 2.27. The lowest BCUT2D eigenvalue weighted by Crippen LogP contribution is -2.16. The van der Waals surface area contributed by atoms with Crippen LogP contribution in [0, 0.1) is 0 Å². The van der Waals surface area contributed by atoms with E-state index in [0.29, 0.717) is 10.9 Å². The van der Waals surface area contributed by atoms with Crippen molar-refractivity contribution in [3.8, 4) is 0 Å². The third-order valence-corrected chi connectivity index (χ3v) is 3.97. The van der Waals surface area contributed by atoms with Gasteiger partial charge >= 0.3 is 0 Å². The lowest BCUT2D eigenvalue weighted by Gasteiger charge is -2.21. The Morgan fingerprint density at radius 2 is 1.95 bits per heavy atom. The van der Waals surface area contributed by atoms with Gasteiger partial charge in [0, 0.05) is 10.7 Å². The largest absolute Gasteiger partial charge is 0.394 e. The number of hydrogen-bond donors (Lipinski definition) is 2. The first-order valence-electron chi connectivity index (χ1n) is 6.99. The normalized spacial score (nSPS) is 15.9. The van der Waals surface area contributed by atoms with Gasteiger partial charge in [0.25, 0.3) is 0 Å². The second-order valence-corrected chi connectivity index (χ2v) is 5.73.